The second kappa shape index (κ2) is 6.04. The topological polar surface area (TPSA) is 38.7 Å². The maximum Gasteiger partial charge on any atom is 0.363 e. The summed E-state index contributed by atoms with van der Waals surface area (Å²) in [5.41, 5.74) is 2.97. The van der Waals surface area contributed by atoms with Gasteiger partial charge in [-0.2, -0.15) is 0 Å². The average Bonchev–Trinajstić information content (AvgIpc) is 2.89. The Morgan fingerprint density at radius 3 is 2.21 bits per heavy atom. The van der Waals surface area contributed by atoms with Gasteiger partial charge in [0, 0.05) is 5.56 Å². The third kappa shape index (κ3) is 3.43. The van der Waals surface area contributed by atoms with Gasteiger partial charge in [-0.3, -0.25) is 0 Å². The zero-order valence-electron chi connectivity index (χ0n) is 13.8. The van der Waals surface area contributed by atoms with E-state index in [1.807, 2.05) is 24.3 Å². The molecule has 0 amide bonds. The minimum atomic E-state index is -0.505. The van der Waals surface area contributed by atoms with Gasteiger partial charge < -0.3 is 4.74 Å². The van der Waals surface area contributed by atoms with Crippen LogP contribution in [0.4, 0.5) is 4.39 Å². The highest BCUT2D eigenvalue weighted by atomic mass is 19.1. The van der Waals surface area contributed by atoms with Crippen LogP contribution in [-0.2, 0) is 14.9 Å². The molecule has 0 saturated carbocycles. The fourth-order valence-corrected chi connectivity index (χ4v) is 2.36. The molecule has 2 aromatic rings. The summed E-state index contributed by atoms with van der Waals surface area (Å²) in [4.78, 5) is 16.2. The molecule has 122 valence electrons. The van der Waals surface area contributed by atoms with Gasteiger partial charge in [-0.25, -0.2) is 14.2 Å². The second-order valence-electron chi connectivity index (χ2n) is 6.71. The van der Waals surface area contributed by atoms with Crippen molar-refractivity contribution in [2.75, 3.05) is 0 Å². The molecular formula is C20H18FNO2. The smallest absolute Gasteiger partial charge is 0.363 e. The Hall–Kier alpha value is -2.75. The molecule has 1 aliphatic rings. The zero-order chi connectivity index (χ0) is 17.3. The van der Waals surface area contributed by atoms with Crippen molar-refractivity contribution in [3.8, 4) is 0 Å². The van der Waals surface area contributed by atoms with Crippen molar-refractivity contribution >= 4 is 17.9 Å². The minimum absolute atomic E-state index is 0.0753. The Labute approximate surface area is 140 Å². The molecule has 0 N–H and O–H groups in total. The molecule has 24 heavy (non-hydrogen) atoms. The molecule has 4 heteroatoms. The van der Waals surface area contributed by atoms with Crippen LogP contribution in [0.5, 0.6) is 0 Å². The van der Waals surface area contributed by atoms with E-state index < -0.39 is 5.97 Å². The van der Waals surface area contributed by atoms with Gasteiger partial charge in [0.2, 0.25) is 5.90 Å². The number of cyclic esters (lactones) is 1. The summed E-state index contributed by atoms with van der Waals surface area (Å²) < 4.78 is 18.1. The molecule has 0 fully saturated rings. The lowest BCUT2D eigenvalue weighted by molar-refractivity contribution is -0.129. The lowest BCUT2D eigenvalue weighted by Crippen LogP contribution is -2.10. The zero-order valence-corrected chi connectivity index (χ0v) is 13.8. The lowest BCUT2D eigenvalue weighted by atomic mass is 9.87. The number of nitrogens with zero attached hydrogens (tertiary/aromatic N) is 1. The van der Waals surface area contributed by atoms with Crippen LogP contribution < -0.4 is 0 Å². The Morgan fingerprint density at radius 1 is 1.00 bits per heavy atom. The highest BCUT2D eigenvalue weighted by Crippen LogP contribution is 2.24. The lowest BCUT2D eigenvalue weighted by Gasteiger charge is -2.18. The summed E-state index contributed by atoms with van der Waals surface area (Å²) in [7, 11) is 0. The molecule has 0 aliphatic carbocycles. The van der Waals surface area contributed by atoms with E-state index in [0.717, 1.165) is 5.56 Å². The van der Waals surface area contributed by atoms with E-state index in [2.05, 4.69) is 25.8 Å². The highest BCUT2D eigenvalue weighted by molar-refractivity contribution is 6.12. The molecule has 0 radical (unpaired) electrons. The molecule has 0 unspecified atom stereocenters. The van der Waals surface area contributed by atoms with Crippen molar-refractivity contribution in [2.24, 2.45) is 4.99 Å². The van der Waals surface area contributed by atoms with Gasteiger partial charge in [-0.1, -0.05) is 45.0 Å². The predicted octanol–water partition coefficient (Wildman–Crippen LogP) is 4.47. The molecule has 0 spiro atoms. The summed E-state index contributed by atoms with van der Waals surface area (Å²) in [5.74, 6) is -0.662. The predicted molar refractivity (Wildman–Crippen MR) is 92.1 cm³/mol. The van der Waals surface area contributed by atoms with E-state index in [1.54, 1.807) is 6.08 Å². The van der Waals surface area contributed by atoms with Crippen molar-refractivity contribution in [3.63, 3.8) is 0 Å². The van der Waals surface area contributed by atoms with Gasteiger partial charge in [0.25, 0.3) is 0 Å². The normalized spacial score (nSPS) is 16.2. The molecule has 2 aromatic carbocycles. The van der Waals surface area contributed by atoms with Crippen molar-refractivity contribution in [1.82, 2.24) is 0 Å². The molecule has 0 bridgehead atoms. The van der Waals surface area contributed by atoms with Crippen LogP contribution in [0.2, 0.25) is 0 Å². The maximum atomic E-state index is 13.0. The van der Waals surface area contributed by atoms with Crippen LogP contribution >= 0.6 is 0 Å². The van der Waals surface area contributed by atoms with Gasteiger partial charge in [0.15, 0.2) is 5.70 Å². The summed E-state index contributed by atoms with van der Waals surface area (Å²) >= 11 is 0. The summed E-state index contributed by atoms with van der Waals surface area (Å²) in [6.45, 7) is 6.44. The first-order chi connectivity index (χ1) is 11.3. The molecule has 3 nitrogen and oxygen atoms in total. The molecule has 0 saturated heterocycles. The minimum Gasteiger partial charge on any atom is -0.402 e. The van der Waals surface area contributed by atoms with Crippen molar-refractivity contribution < 1.29 is 13.9 Å². The third-order valence-corrected chi connectivity index (χ3v) is 3.79. The number of hydrogen-bond acceptors (Lipinski definition) is 3. The fraction of sp³-hybridized carbons (Fsp3) is 0.200. The van der Waals surface area contributed by atoms with Gasteiger partial charge >= 0.3 is 5.97 Å². The van der Waals surface area contributed by atoms with Gasteiger partial charge in [0.05, 0.1) is 0 Å². The number of carbonyl (C=O) groups is 1. The molecule has 0 atom stereocenters. The number of halogens is 1. The van der Waals surface area contributed by atoms with Crippen LogP contribution in [0, 0.1) is 5.82 Å². The van der Waals surface area contributed by atoms with E-state index in [-0.39, 0.29) is 22.8 Å². The first kappa shape index (κ1) is 16.1. The van der Waals surface area contributed by atoms with E-state index in [4.69, 9.17) is 4.74 Å². The van der Waals surface area contributed by atoms with E-state index in [1.165, 1.54) is 29.8 Å². The number of benzene rings is 2. The van der Waals surface area contributed by atoms with Crippen molar-refractivity contribution in [2.45, 2.75) is 26.2 Å². The summed E-state index contributed by atoms with van der Waals surface area (Å²) in [6.07, 6.45) is 1.69. The second-order valence-corrected chi connectivity index (χ2v) is 6.71. The highest BCUT2D eigenvalue weighted by Gasteiger charge is 2.24. The first-order valence-electron chi connectivity index (χ1n) is 7.72. The van der Waals surface area contributed by atoms with E-state index >= 15 is 0 Å². The SMILES string of the molecule is CC(C)(C)c1ccc(/C=C2\N=C(c3ccc(F)cc3)OC2=O)cc1. The summed E-state index contributed by atoms with van der Waals surface area (Å²) in [6, 6.07) is 13.6. The van der Waals surface area contributed by atoms with E-state index in [0.29, 0.717) is 5.56 Å². The molecule has 0 aromatic heterocycles. The molecule has 3 rings (SSSR count). The Morgan fingerprint density at radius 2 is 1.62 bits per heavy atom. The number of rotatable bonds is 2. The number of esters is 1. The average molecular weight is 323 g/mol. The third-order valence-electron chi connectivity index (χ3n) is 3.79. The quantitative estimate of drug-likeness (QED) is 0.604. The number of aliphatic imine (C=N–C) groups is 1. The van der Waals surface area contributed by atoms with Crippen LogP contribution in [0.25, 0.3) is 6.08 Å². The fourth-order valence-electron chi connectivity index (χ4n) is 2.36. The van der Waals surface area contributed by atoms with Crippen LogP contribution in [-0.4, -0.2) is 11.9 Å². The number of carbonyl (C=O) groups excluding carboxylic acids is 1. The van der Waals surface area contributed by atoms with Crippen molar-refractivity contribution in [1.29, 1.82) is 0 Å². The molecule has 1 heterocycles. The Balaban J connectivity index is 1.87. The van der Waals surface area contributed by atoms with Crippen molar-refractivity contribution in [3.05, 3.63) is 76.7 Å². The maximum absolute atomic E-state index is 13.0. The van der Waals surface area contributed by atoms with Crippen LogP contribution in [0.1, 0.15) is 37.5 Å². The van der Waals surface area contributed by atoms with Crippen LogP contribution in [0.3, 0.4) is 0 Å². The van der Waals surface area contributed by atoms with Gasteiger partial charge in [0.1, 0.15) is 5.82 Å². The standard InChI is InChI=1S/C20H18FNO2/c1-20(2,3)15-8-4-13(5-9-15)12-17-19(23)24-18(22-17)14-6-10-16(21)11-7-14/h4-12H,1-3H3/b17-12-. The monoisotopic (exact) mass is 323 g/mol. The largest absolute Gasteiger partial charge is 0.402 e. The Kier molecular flexibility index (Phi) is 4.06. The molecular weight excluding hydrogens is 305 g/mol. The summed E-state index contributed by atoms with van der Waals surface area (Å²) in [5, 5.41) is 0. The van der Waals surface area contributed by atoms with E-state index in [9.17, 15) is 9.18 Å². The first-order valence-corrected chi connectivity index (χ1v) is 7.72. The van der Waals surface area contributed by atoms with Crippen LogP contribution in [0.15, 0.2) is 59.2 Å². The molecule has 1 aliphatic heterocycles. The number of hydrogen-bond donors (Lipinski definition) is 0. The van der Waals surface area contributed by atoms with Gasteiger partial charge in [-0.05, 0) is 46.9 Å². The van der Waals surface area contributed by atoms with Gasteiger partial charge in [-0.15, -0.1) is 0 Å². The Bertz CT molecular complexity index is 825. The number of ether oxygens (including phenoxy) is 1.